The minimum Gasteiger partial charge on any atom is -0.383 e. The van der Waals surface area contributed by atoms with Gasteiger partial charge in [-0.2, -0.15) is 11.8 Å². The van der Waals surface area contributed by atoms with Gasteiger partial charge in [-0.05, 0) is 38.2 Å². The molecule has 1 heterocycles. The standard InChI is InChI=1S/C27H32ClF3N4OS/c1-5-21(28)13-20(16-36)26(32)34-24(27(3,30)31)14-25-33-23(19-9-7-6-8-10-19)12-11-18(2)35(25)15-22(29)17-37-4/h5-10,12-13,15-16,18,24H,11,14,17H2,1-4H3,(H2,32,34)/b20-13-,21-5+,22-15+. The van der Waals surface area contributed by atoms with Gasteiger partial charge >= 0.3 is 0 Å². The first-order valence-corrected chi connectivity index (χ1v) is 13.4. The third-order valence-electron chi connectivity index (χ3n) is 5.55. The van der Waals surface area contributed by atoms with Gasteiger partial charge in [0.1, 0.15) is 23.5 Å². The van der Waals surface area contributed by atoms with Crippen molar-refractivity contribution >= 4 is 47.0 Å². The largest absolute Gasteiger partial charge is 0.383 e. The summed E-state index contributed by atoms with van der Waals surface area (Å²) in [6, 6.07) is 7.36. The van der Waals surface area contributed by atoms with Gasteiger partial charge in [-0.3, -0.25) is 9.79 Å². The molecule has 0 fully saturated rings. The molecular formula is C27H32ClF3N4OS. The third kappa shape index (κ3) is 9.23. The van der Waals surface area contributed by atoms with E-state index >= 15 is 0 Å². The van der Waals surface area contributed by atoms with Crippen molar-refractivity contribution < 1.29 is 18.0 Å². The molecule has 2 unspecified atom stereocenters. The van der Waals surface area contributed by atoms with Crippen LogP contribution in [0.3, 0.4) is 0 Å². The fourth-order valence-corrected chi connectivity index (χ4v) is 3.98. The number of aldehydes is 1. The van der Waals surface area contributed by atoms with E-state index in [-0.39, 0.29) is 40.5 Å². The van der Waals surface area contributed by atoms with Crippen LogP contribution in [0.5, 0.6) is 0 Å². The maximum absolute atomic E-state index is 14.8. The smallest absolute Gasteiger partial charge is 0.267 e. The molecule has 2 N–H and O–H groups in total. The van der Waals surface area contributed by atoms with Gasteiger partial charge in [0.15, 0.2) is 6.29 Å². The number of hydrogen-bond donors (Lipinski definition) is 1. The highest BCUT2D eigenvalue weighted by Crippen LogP contribution is 2.30. The topological polar surface area (TPSA) is 71.0 Å². The number of carbonyl (C=O) groups is 1. The number of hydrogen-bond acceptors (Lipinski definition) is 5. The molecule has 37 heavy (non-hydrogen) atoms. The first kappa shape index (κ1) is 30.4. The minimum absolute atomic E-state index is 0.124. The fraction of sp³-hybridized carbons (Fsp3) is 0.370. The fourth-order valence-electron chi connectivity index (χ4n) is 3.52. The van der Waals surface area contributed by atoms with Crippen LogP contribution in [0.25, 0.3) is 5.70 Å². The SMILES string of the molecule is C/C=C(Cl)\C=C(\C=O)C(N)=NC(CC1=NC(c2ccccc2)=CCC(C)N1/C=C(/F)CSC)C(C)(F)F. The third-order valence-corrected chi connectivity index (χ3v) is 6.45. The average molecular weight is 553 g/mol. The van der Waals surface area contributed by atoms with Crippen LogP contribution in [0.2, 0.25) is 0 Å². The van der Waals surface area contributed by atoms with Crippen molar-refractivity contribution in [3.63, 3.8) is 0 Å². The van der Waals surface area contributed by atoms with E-state index in [0.29, 0.717) is 18.4 Å². The van der Waals surface area contributed by atoms with Gasteiger partial charge in [0, 0.05) is 36.4 Å². The van der Waals surface area contributed by atoms with Crippen LogP contribution in [0.4, 0.5) is 13.2 Å². The second-order valence-electron chi connectivity index (χ2n) is 8.57. The summed E-state index contributed by atoms with van der Waals surface area (Å²) in [6.07, 6.45) is 8.33. The lowest BCUT2D eigenvalue weighted by Crippen LogP contribution is -2.40. The Morgan fingerprint density at radius 2 is 2.05 bits per heavy atom. The lowest BCUT2D eigenvalue weighted by atomic mass is 10.1. The Morgan fingerprint density at radius 1 is 1.38 bits per heavy atom. The molecule has 1 aliphatic rings. The van der Waals surface area contributed by atoms with E-state index in [0.717, 1.165) is 12.5 Å². The summed E-state index contributed by atoms with van der Waals surface area (Å²) < 4.78 is 44.3. The van der Waals surface area contributed by atoms with Crippen molar-refractivity contribution in [2.75, 3.05) is 12.0 Å². The summed E-state index contributed by atoms with van der Waals surface area (Å²) >= 11 is 7.26. The highest BCUT2D eigenvalue weighted by molar-refractivity contribution is 7.98. The van der Waals surface area contributed by atoms with E-state index in [2.05, 4.69) is 4.99 Å². The first-order chi connectivity index (χ1) is 17.5. The summed E-state index contributed by atoms with van der Waals surface area (Å²) in [5.74, 6) is -3.77. The Kier molecular flexibility index (Phi) is 11.7. The highest BCUT2D eigenvalue weighted by Gasteiger charge is 2.37. The van der Waals surface area contributed by atoms with Gasteiger partial charge in [-0.25, -0.2) is 18.2 Å². The molecule has 10 heteroatoms. The second kappa shape index (κ2) is 14.2. The quantitative estimate of drug-likeness (QED) is 0.109. The molecule has 5 nitrogen and oxygen atoms in total. The number of thioether (sulfide) groups is 1. The predicted octanol–water partition coefficient (Wildman–Crippen LogP) is 6.73. The van der Waals surface area contributed by atoms with Gasteiger partial charge in [-0.1, -0.05) is 54.1 Å². The van der Waals surface area contributed by atoms with E-state index in [1.807, 2.05) is 43.3 Å². The Bertz CT molecular complexity index is 1120. The van der Waals surface area contributed by atoms with Crippen molar-refractivity contribution in [3.8, 4) is 0 Å². The van der Waals surface area contributed by atoms with Crippen molar-refractivity contribution in [1.82, 2.24) is 4.90 Å². The van der Waals surface area contributed by atoms with E-state index in [9.17, 15) is 18.0 Å². The van der Waals surface area contributed by atoms with Crippen LogP contribution in [0.15, 0.2) is 81.2 Å². The molecule has 0 aliphatic carbocycles. The number of nitrogens with two attached hydrogens (primary N) is 1. The zero-order valence-electron chi connectivity index (χ0n) is 21.3. The number of benzene rings is 1. The minimum atomic E-state index is -3.33. The van der Waals surface area contributed by atoms with Crippen LogP contribution in [-0.2, 0) is 4.79 Å². The van der Waals surface area contributed by atoms with Crippen LogP contribution >= 0.6 is 23.4 Å². The first-order valence-electron chi connectivity index (χ1n) is 11.7. The molecule has 1 aliphatic heterocycles. The number of amidine groups is 2. The monoisotopic (exact) mass is 552 g/mol. The molecule has 0 saturated carbocycles. The van der Waals surface area contributed by atoms with Crippen molar-refractivity contribution in [3.05, 3.63) is 76.8 Å². The lowest BCUT2D eigenvalue weighted by Gasteiger charge is -2.30. The average Bonchev–Trinajstić information content (AvgIpc) is 3.00. The molecular weight excluding hydrogens is 521 g/mol. The Hall–Kier alpha value is -2.78. The summed E-state index contributed by atoms with van der Waals surface area (Å²) in [6.45, 7) is 4.24. The number of nitrogens with zero attached hydrogens (tertiary/aromatic N) is 3. The molecule has 0 aromatic heterocycles. The summed E-state index contributed by atoms with van der Waals surface area (Å²) in [5.41, 5.74) is 7.23. The summed E-state index contributed by atoms with van der Waals surface area (Å²) in [5, 5.41) is 0.209. The molecule has 1 aromatic rings. The molecule has 0 spiro atoms. The highest BCUT2D eigenvalue weighted by atomic mass is 35.5. The molecule has 0 saturated heterocycles. The molecule has 1 aromatic carbocycles. The van der Waals surface area contributed by atoms with E-state index in [1.54, 1.807) is 18.1 Å². The maximum Gasteiger partial charge on any atom is 0.267 e. The normalized spacial score (nSPS) is 19.2. The Labute approximate surface area is 225 Å². The number of halogens is 4. The van der Waals surface area contributed by atoms with E-state index in [4.69, 9.17) is 22.3 Å². The lowest BCUT2D eigenvalue weighted by molar-refractivity contribution is -0.104. The van der Waals surface area contributed by atoms with E-state index in [1.165, 1.54) is 30.1 Å². The van der Waals surface area contributed by atoms with Crippen molar-refractivity contribution in [2.45, 2.75) is 51.6 Å². The number of allylic oxidation sites excluding steroid dienone is 3. The van der Waals surface area contributed by atoms with Gasteiger partial charge < -0.3 is 10.6 Å². The molecule has 2 atom stereocenters. The molecule has 200 valence electrons. The second-order valence-corrected chi connectivity index (χ2v) is 9.87. The van der Waals surface area contributed by atoms with Gasteiger partial charge in [0.05, 0.1) is 11.3 Å². The van der Waals surface area contributed by atoms with E-state index < -0.39 is 17.8 Å². The van der Waals surface area contributed by atoms with Crippen LogP contribution in [0, 0.1) is 0 Å². The maximum atomic E-state index is 14.8. The van der Waals surface area contributed by atoms with Crippen molar-refractivity contribution in [2.24, 2.45) is 15.7 Å². The van der Waals surface area contributed by atoms with Gasteiger partial charge in [0.25, 0.3) is 5.92 Å². The van der Waals surface area contributed by atoms with Crippen molar-refractivity contribution in [1.29, 1.82) is 0 Å². The zero-order chi connectivity index (χ0) is 27.6. The van der Waals surface area contributed by atoms with Gasteiger partial charge in [0.2, 0.25) is 0 Å². The van der Waals surface area contributed by atoms with Crippen LogP contribution in [0.1, 0.15) is 39.2 Å². The summed E-state index contributed by atoms with van der Waals surface area (Å²) in [7, 11) is 0. The number of carbonyl (C=O) groups excluding carboxylic acids is 1. The molecule has 0 radical (unpaired) electrons. The van der Waals surface area contributed by atoms with Gasteiger partial charge in [-0.15, -0.1) is 0 Å². The zero-order valence-corrected chi connectivity index (χ0v) is 22.9. The summed E-state index contributed by atoms with van der Waals surface area (Å²) in [4.78, 5) is 21.9. The van der Waals surface area contributed by atoms with Crippen LogP contribution < -0.4 is 5.73 Å². The Morgan fingerprint density at radius 3 is 2.62 bits per heavy atom. The molecule has 0 amide bonds. The number of alkyl halides is 2. The molecule has 2 rings (SSSR count). The number of rotatable bonds is 11. The van der Waals surface area contributed by atoms with Crippen LogP contribution in [-0.4, -0.2) is 52.9 Å². The molecule has 0 bridgehead atoms. The Balaban J connectivity index is 2.62. The predicted molar refractivity (Wildman–Crippen MR) is 150 cm³/mol. The number of aliphatic imine (C=N–C) groups is 2.